The molecule has 1 heterocycles. The highest BCUT2D eigenvalue weighted by Crippen LogP contribution is 2.31. The first-order chi connectivity index (χ1) is 16.4. The Kier molecular flexibility index (Phi) is 8.34. The van der Waals surface area contributed by atoms with Gasteiger partial charge in [-0.15, -0.1) is 0 Å². The molecule has 1 aromatic heterocycles. The molecule has 2 aromatic carbocycles. The summed E-state index contributed by atoms with van der Waals surface area (Å²) < 4.78 is 18.8. The van der Waals surface area contributed by atoms with Crippen LogP contribution in [0.3, 0.4) is 0 Å². The van der Waals surface area contributed by atoms with Crippen molar-refractivity contribution in [2.75, 3.05) is 21.3 Å². The lowest BCUT2D eigenvalue weighted by Gasteiger charge is -2.20. The van der Waals surface area contributed by atoms with Crippen LogP contribution in [0, 0.1) is 0 Å². The van der Waals surface area contributed by atoms with Crippen LogP contribution in [-0.2, 0) is 27.4 Å². The second-order valence-electron chi connectivity index (χ2n) is 7.84. The smallest absolute Gasteiger partial charge is 0.329 e. The minimum absolute atomic E-state index is 0.0481. The Labute approximate surface area is 198 Å². The molecule has 0 aliphatic carbocycles. The molecule has 0 bridgehead atoms. The number of rotatable bonds is 11. The van der Waals surface area contributed by atoms with E-state index in [4.69, 9.17) is 14.2 Å². The van der Waals surface area contributed by atoms with Crippen molar-refractivity contribution < 1.29 is 23.8 Å². The third kappa shape index (κ3) is 5.41. The Balaban J connectivity index is 1.80. The highest BCUT2D eigenvalue weighted by Gasteiger charge is 2.21. The number of fused-ring (bicyclic) bond motifs is 1. The number of carbonyl (C=O) groups excluding carboxylic acids is 2. The van der Waals surface area contributed by atoms with E-state index >= 15 is 0 Å². The number of benzene rings is 2. The number of esters is 1. The van der Waals surface area contributed by atoms with E-state index in [0.717, 1.165) is 17.5 Å². The Morgan fingerprint density at radius 1 is 0.941 bits per heavy atom. The van der Waals surface area contributed by atoms with Gasteiger partial charge in [0.2, 0.25) is 5.91 Å². The number of aryl methyl sites for hydroxylation is 2. The van der Waals surface area contributed by atoms with Crippen molar-refractivity contribution in [3.8, 4) is 11.5 Å². The number of hydrogen-bond donors (Lipinski definition) is 1. The molecule has 1 atom stereocenters. The maximum Gasteiger partial charge on any atom is 0.329 e. The lowest BCUT2D eigenvalue weighted by Crippen LogP contribution is -2.32. The van der Waals surface area contributed by atoms with Crippen molar-refractivity contribution in [2.24, 2.45) is 0 Å². The van der Waals surface area contributed by atoms with Crippen LogP contribution in [0.4, 0.5) is 0 Å². The number of nitrogens with zero attached hydrogens (tertiary/aromatic N) is 2. The summed E-state index contributed by atoms with van der Waals surface area (Å²) in [6.07, 6.45) is 0.855. The summed E-state index contributed by atoms with van der Waals surface area (Å²) in [6.45, 7) is 2.85. The van der Waals surface area contributed by atoms with E-state index in [-0.39, 0.29) is 31.0 Å². The molecule has 0 saturated carbocycles. The fraction of sp³-hybridized carbons (Fsp3) is 0.400. The number of aromatic nitrogens is 2. The van der Waals surface area contributed by atoms with Crippen LogP contribution in [0.2, 0.25) is 0 Å². The normalized spacial score (nSPS) is 11.8. The van der Waals surface area contributed by atoms with Gasteiger partial charge < -0.3 is 19.5 Å². The summed E-state index contributed by atoms with van der Waals surface area (Å²) in [5, 5.41) is 2.90. The predicted molar refractivity (Wildman–Crippen MR) is 128 cm³/mol. The molecule has 0 saturated heterocycles. The standard InChI is InChI=1S/C25H31N3O6/c1-5-13-27-19-8-6-7-9-20(19)28(25(27)31)14-12-23(29)26-18(16-24(30)34-4)17-10-11-21(32-2)22(15-17)33-3/h6-11,15,18H,5,12-14,16H2,1-4H3,(H,26,29). The van der Waals surface area contributed by atoms with E-state index in [9.17, 15) is 14.4 Å². The Morgan fingerprint density at radius 3 is 2.18 bits per heavy atom. The fourth-order valence-corrected chi connectivity index (χ4v) is 3.98. The molecule has 0 aliphatic rings. The first-order valence-electron chi connectivity index (χ1n) is 11.2. The molecule has 0 aliphatic heterocycles. The third-order valence-corrected chi connectivity index (χ3v) is 5.68. The first-order valence-corrected chi connectivity index (χ1v) is 11.2. The zero-order chi connectivity index (χ0) is 24.7. The van der Waals surface area contributed by atoms with Crippen LogP contribution >= 0.6 is 0 Å². The van der Waals surface area contributed by atoms with Crippen molar-refractivity contribution in [3.05, 3.63) is 58.5 Å². The van der Waals surface area contributed by atoms with E-state index in [0.29, 0.717) is 23.6 Å². The van der Waals surface area contributed by atoms with Gasteiger partial charge in [-0.25, -0.2) is 4.79 Å². The van der Waals surface area contributed by atoms with Gasteiger partial charge in [0.15, 0.2) is 11.5 Å². The van der Waals surface area contributed by atoms with Gasteiger partial charge in [-0.05, 0) is 36.2 Å². The minimum Gasteiger partial charge on any atom is -0.493 e. The van der Waals surface area contributed by atoms with Gasteiger partial charge in [-0.1, -0.05) is 25.1 Å². The molecule has 1 amide bonds. The number of para-hydroxylation sites is 2. The molecule has 3 rings (SSSR count). The summed E-state index contributed by atoms with van der Waals surface area (Å²) in [6, 6.07) is 12.1. The molecule has 1 N–H and O–H groups in total. The van der Waals surface area contributed by atoms with Crippen LogP contribution in [-0.4, -0.2) is 42.3 Å². The number of carbonyl (C=O) groups is 2. The lowest BCUT2D eigenvalue weighted by atomic mass is 10.0. The molecular weight excluding hydrogens is 438 g/mol. The maximum atomic E-state index is 13.0. The van der Waals surface area contributed by atoms with E-state index in [2.05, 4.69) is 5.32 Å². The zero-order valence-corrected chi connectivity index (χ0v) is 20.0. The van der Waals surface area contributed by atoms with Gasteiger partial charge in [-0.3, -0.25) is 18.7 Å². The molecule has 9 nitrogen and oxygen atoms in total. The predicted octanol–water partition coefficient (Wildman–Crippen LogP) is 3.04. The SMILES string of the molecule is CCCn1c(=O)n(CCC(=O)NC(CC(=O)OC)c2ccc(OC)c(OC)c2)c2ccccc21. The lowest BCUT2D eigenvalue weighted by molar-refractivity contribution is -0.141. The van der Waals surface area contributed by atoms with Crippen molar-refractivity contribution in [2.45, 2.75) is 45.3 Å². The van der Waals surface area contributed by atoms with E-state index < -0.39 is 12.0 Å². The Bertz CT molecular complexity index is 1210. The molecule has 3 aromatic rings. The number of amides is 1. The molecule has 182 valence electrons. The summed E-state index contributed by atoms with van der Waals surface area (Å²) in [5.41, 5.74) is 2.18. The number of ether oxygens (including phenoxy) is 3. The fourth-order valence-electron chi connectivity index (χ4n) is 3.98. The topological polar surface area (TPSA) is 101 Å². The first kappa shape index (κ1) is 24.9. The largest absolute Gasteiger partial charge is 0.493 e. The van der Waals surface area contributed by atoms with Gasteiger partial charge >= 0.3 is 11.7 Å². The van der Waals surface area contributed by atoms with E-state index in [1.165, 1.54) is 21.3 Å². The highest BCUT2D eigenvalue weighted by molar-refractivity contribution is 5.79. The molecular formula is C25H31N3O6. The molecule has 0 fully saturated rings. The van der Waals surface area contributed by atoms with Crippen LogP contribution in [0.5, 0.6) is 11.5 Å². The molecule has 34 heavy (non-hydrogen) atoms. The molecule has 9 heteroatoms. The zero-order valence-electron chi connectivity index (χ0n) is 20.0. The van der Waals surface area contributed by atoms with E-state index in [1.54, 1.807) is 27.3 Å². The average molecular weight is 470 g/mol. The number of imidazole rings is 1. The van der Waals surface area contributed by atoms with Crippen LogP contribution < -0.4 is 20.5 Å². The number of nitrogens with one attached hydrogen (secondary N) is 1. The van der Waals surface area contributed by atoms with E-state index in [1.807, 2.05) is 31.2 Å². The third-order valence-electron chi connectivity index (χ3n) is 5.68. The van der Waals surface area contributed by atoms with Crippen molar-refractivity contribution in [1.29, 1.82) is 0 Å². The summed E-state index contributed by atoms with van der Waals surface area (Å²) in [5.74, 6) is 0.276. The Morgan fingerprint density at radius 2 is 1.59 bits per heavy atom. The quantitative estimate of drug-likeness (QED) is 0.433. The molecule has 1 unspecified atom stereocenters. The average Bonchev–Trinajstić information content (AvgIpc) is 3.12. The summed E-state index contributed by atoms with van der Waals surface area (Å²) in [7, 11) is 4.35. The summed E-state index contributed by atoms with van der Waals surface area (Å²) in [4.78, 5) is 37.9. The number of methoxy groups -OCH3 is 3. The maximum absolute atomic E-state index is 13.0. The Hall–Kier alpha value is -3.75. The van der Waals surface area contributed by atoms with Gasteiger partial charge in [-0.2, -0.15) is 0 Å². The minimum atomic E-state index is -0.627. The summed E-state index contributed by atoms with van der Waals surface area (Å²) >= 11 is 0. The monoisotopic (exact) mass is 469 g/mol. The highest BCUT2D eigenvalue weighted by atomic mass is 16.5. The van der Waals surface area contributed by atoms with Gasteiger partial charge in [0.1, 0.15) is 0 Å². The molecule has 0 radical (unpaired) electrons. The van der Waals surface area contributed by atoms with Crippen LogP contribution in [0.15, 0.2) is 47.3 Å². The van der Waals surface area contributed by atoms with Crippen LogP contribution in [0.25, 0.3) is 11.0 Å². The van der Waals surface area contributed by atoms with Gasteiger partial charge in [0, 0.05) is 19.5 Å². The van der Waals surface area contributed by atoms with Crippen molar-refractivity contribution in [3.63, 3.8) is 0 Å². The second kappa shape index (κ2) is 11.4. The second-order valence-corrected chi connectivity index (χ2v) is 7.84. The number of hydrogen-bond acceptors (Lipinski definition) is 6. The van der Waals surface area contributed by atoms with Crippen molar-refractivity contribution in [1.82, 2.24) is 14.5 Å². The van der Waals surface area contributed by atoms with Crippen LogP contribution in [0.1, 0.15) is 37.8 Å². The van der Waals surface area contributed by atoms with Gasteiger partial charge in [0.25, 0.3) is 0 Å². The molecule has 0 spiro atoms. The van der Waals surface area contributed by atoms with Crippen molar-refractivity contribution >= 4 is 22.9 Å². The van der Waals surface area contributed by atoms with Gasteiger partial charge in [0.05, 0.1) is 44.8 Å².